The first-order valence-electron chi connectivity index (χ1n) is 20.1. The summed E-state index contributed by atoms with van der Waals surface area (Å²) in [5.41, 5.74) is -4.76. The van der Waals surface area contributed by atoms with Crippen LogP contribution in [0.5, 0.6) is 11.5 Å². The summed E-state index contributed by atoms with van der Waals surface area (Å²) < 4.78 is 123. The Hall–Kier alpha value is -4.82. The SMILES string of the molecule is Cc1nc2ccc(OC(F)(F)F)cc2c2c1O[C@]1(CC2)C[C@H]2C(=O)N[C@]3(C(=O)NS(=O)(=O)C4(C)CC4)C[C@H]3/C=C\CCCCC[C@H](NC(=O)OC(C)(C)C(F)(F)F)C(=O)N2C1. The van der Waals surface area contributed by atoms with E-state index >= 15 is 0 Å². The molecule has 2 aromatic rings. The molecule has 0 radical (unpaired) electrons. The number of amides is 4. The van der Waals surface area contributed by atoms with Gasteiger partial charge in [-0.1, -0.05) is 25.0 Å². The lowest BCUT2D eigenvalue weighted by Crippen LogP contribution is -2.59. The molecular formula is C40H47F6N5O9S. The van der Waals surface area contributed by atoms with E-state index in [0.717, 1.165) is 11.0 Å². The molecule has 2 saturated carbocycles. The summed E-state index contributed by atoms with van der Waals surface area (Å²) in [6, 6.07) is 0.799. The second-order valence-corrected chi connectivity index (χ2v) is 19.7. The summed E-state index contributed by atoms with van der Waals surface area (Å²) in [4.78, 5) is 61.9. The van der Waals surface area contributed by atoms with E-state index in [-0.39, 0.29) is 44.4 Å². The normalized spacial score (nSPS) is 28.5. The van der Waals surface area contributed by atoms with Gasteiger partial charge in [0.2, 0.25) is 27.4 Å². The van der Waals surface area contributed by atoms with Crippen molar-refractivity contribution in [1.29, 1.82) is 0 Å². The minimum Gasteiger partial charge on any atom is -0.483 e. The van der Waals surface area contributed by atoms with E-state index in [1.54, 1.807) is 13.0 Å². The molecule has 0 bridgehead atoms. The predicted molar refractivity (Wildman–Crippen MR) is 204 cm³/mol. The molecule has 1 aromatic carbocycles. The van der Waals surface area contributed by atoms with Crippen molar-refractivity contribution in [2.45, 2.75) is 144 Å². The van der Waals surface area contributed by atoms with Crippen LogP contribution in [0.2, 0.25) is 0 Å². The number of alkyl carbamates (subject to hydrolysis) is 1. The molecule has 1 aromatic heterocycles. The Labute approximate surface area is 347 Å². The minimum atomic E-state index is -4.96. The molecule has 7 rings (SSSR count). The smallest absolute Gasteiger partial charge is 0.483 e. The van der Waals surface area contributed by atoms with Gasteiger partial charge in [-0.25, -0.2) is 18.2 Å². The Kier molecular flexibility index (Phi) is 11.0. The number of sulfonamides is 1. The van der Waals surface area contributed by atoms with Gasteiger partial charge in [-0.15, -0.1) is 13.2 Å². The van der Waals surface area contributed by atoms with Gasteiger partial charge < -0.3 is 29.7 Å². The average molecular weight is 888 g/mol. The second-order valence-electron chi connectivity index (χ2n) is 17.5. The topological polar surface area (TPSA) is 182 Å². The maximum atomic E-state index is 14.7. The number of nitrogens with zero attached hydrogens (tertiary/aromatic N) is 2. The lowest BCUT2D eigenvalue weighted by Gasteiger charge is -2.37. The number of ether oxygens (including phenoxy) is 3. The lowest BCUT2D eigenvalue weighted by atomic mass is 9.87. The van der Waals surface area contributed by atoms with Crippen molar-refractivity contribution in [3.05, 3.63) is 41.6 Å². The first kappa shape index (κ1) is 44.2. The van der Waals surface area contributed by atoms with E-state index in [4.69, 9.17) is 9.47 Å². The number of carbonyl (C=O) groups excluding carboxylic acids is 4. The number of halogens is 6. The maximum absolute atomic E-state index is 14.7. The van der Waals surface area contributed by atoms with Crippen LogP contribution in [0, 0.1) is 12.8 Å². The number of alkyl halides is 6. The van der Waals surface area contributed by atoms with Crippen molar-refractivity contribution in [3.63, 3.8) is 0 Å². The highest BCUT2D eigenvalue weighted by Crippen LogP contribution is 2.49. The number of hydrogen-bond donors (Lipinski definition) is 3. The van der Waals surface area contributed by atoms with E-state index < -0.39 is 91.6 Å². The fourth-order valence-corrected chi connectivity index (χ4v) is 9.64. The number of pyridine rings is 1. The van der Waals surface area contributed by atoms with Crippen LogP contribution in [0.4, 0.5) is 31.1 Å². The van der Waals surface area contributed by atoms with Gasteiger partial charge in [-0.2, -0.15) is 13.2 Å². The van der Waals surface area contributed by atoms with Crippen LogP contribution >= 0.6 is 0 Å². The zero-order chi connectivity index (χ0) is 44.6. The van der Waals surface area contributed by atoms with Gasteiger partial charge in [0.1, 0.15) is 34.7 Å². The van der Waals surface area contributed by atoms with E-state index in [0.29, 0.717) is 74.5 Å². The highest BCUT2D eigenvalue weighted by molar-refractivity contribution is 7.91. The Bertz CT molecular complexity index is 2280. The molecule has 5 aliphatic rings. The van der Waals surface area contributed by atoms with Crippen molar-refractivity contribution >= 4 is 44.7 Å². The van der Waals surface area contributed by atoms with Crippen LogP contribution in [-0.2, 0) is 35.6 Å². The third-order valence-electron chi connectivity index (χ3n) is 12.5. The van der Waals surface area contributed by atoms with E-state index in [9.17, 15) is 53.9 Å². The van der Waals surface area contributed by atoms with Gasteiger partial charge in [0.05, 0.1) is 22.5 Å². The van der Waals surface area contributed by atoms with Crippen molar-refractivity contribution < 1.29 is 68.1 Å². The van der Waals surface area contributed by atoms with Crippen LogP contribution < -0.4 is 24.8 Å². The number of rotatable bonds is 6. The first-order chi connectivity index (χ1) is 28.3. The van der Waals surface area contributed by atoms with Crippen molar-refractivity contribution in [1.82, 2.24) is 25.2 Å². The van der Waals surface area contributed by atoms with Gasteiger partial charge in [-0.05, 0) is 97.3 Å². The maximum Gasteiger partial charge on any atom is 0.573 e. The number of carbonyl (C=O) groups is 4. The molecule has 1 saturated heterocycles. The number of hydrogen-bond acceptors (Lipinski definition) is 10. The van der Waals surface area contributed by atoms with Gasteiger partial charge in [0.15, 0.2) is 0 Å². The Morgan fingerprint density at radius 3 is 2.43 bits per heavy atom. The van der Waals surface area contributed by atoms with Crippen LogP contribution in [0.1, 0.15) is 96.2 Å². The third-order valence-corrected chi connectivity index (χ3v) is 14.7. The molecule has 2 aliphatic carbocycles. The fraction of sp³-hybridized carbons (Fsp3) is 0.625. The zero-order valence-electron chi connectivity index (χ0n) is 33.8. The number of aryl methyl sites for hydroxylation is 2. The molecule has 4 amide bonds. The van der Waals surface area contributed by atoms with E-state index in [1.807, 2.05) is 6.08 Å². The molecule has 4 heterocycles. The second kappa shape index (κ2) is 15.2. The largest absolute Gasteiger partial charge is 0.573 e. The number of fused-ring (bicyclic) bond motifs is 5. The molecule has 3 aliphatic heterocycles. The molecule has 1 spiro atoms. The highest BCUT2D eigenvalue weighted by Gasteiger charge is 2.64. The average Bonchev–Trinajstić information content (AvgIpc) is 4.04. The number of benzene rings is 1. The Morgan fingerprint density at radius 1 is 1.03 bits per heavy atom. The molecule has 334 valence electrons. The van der Waals surface area contributed by atoms with Gasteiger partial charge in [0.25, 0.3) is 5.91 Å². The quantitative estimate of drug-likeness (QED) is 0.232. The fourth-order valence-electron chi connectivity index (χ4n) is 8.33. The summed E-state index contributed by atoms with van der Waals surface area (Å²) in [5.74, 6) is -3.53. The highest BCUT2D eigenvalue weighted by atomic mass is 32.2. The summed E-state index contributed by atoms with van der Waals surface area (Å²) >= 11 is 0. The van der Waals surface area contributed by atoms with Gasteiger partial charge in [0, 0.05) is 23.3 Å². The summed E-state index contributed by atoms with van der Waals surface area (Å²) in [7, 11) is -4.13. The van der Waals surface area contributed by atoms with E-state index in [2.05, 4.69) is 25.1 Å². The molecule has 21 heteroatoms. The van der Waals surface area contributed by atoms with Crippen molar-refractivity contribution in [2.24, 2.45) is 5.92 Å². The molecule has 3 fully saturated rings. The standard InChI is InChI=1S/C40H47F6N5O9S/c1-22-30-25(26-18-24(58-40(44,45)46)12-13-27(26)47-22)14-15-37(59-30)20-29-31(52)49-38(33(54)50-61(56,57)36(4)16-17-36)19-23(38)10-8-6-5-7-9-11-28(32(53)51(29)21-37)48-34(55)60-35(2,3)39(41,42)43/h8,10,12-13,18,23,28-29H,5-7,9,11,14-17,19-21H2,1-4H3,(H,48,55)(H,49,52)(H,50,54)/b10-8-/t23-,28+,29+,37-,38-/m1/s1. The summed E-state index contributed by atoms with van der Waals surface area (Å²) in [5, 5.41) is 5.37. The molecule has 14 nitrogen and oxygen atoms in total. The molecule has 5 atom stereocenters. The van der Waals surface area contributed by atoms with Gasteiger partial charge in [-0.3, -0.25) is 19.1 Å². The summed E-state index contributed by atoms with van der Waals surface area (Å²) in [6.45, 7) is 4.13. The van der Waals surface area contributed by atoms with Crippen LogP contribution in [0.3, 0.4) is 0 Å². The zero-order valence-corrected chi connectivity index (χ0v) is 34.7. The predicted octanol–water partition coefficient (Wildman–Crippen LogP) is 5.94. The van der Waals surface area contributed by atoms with Crippen LogP contribution in [-0.4, -0.2) is 94.8 Å². The van der Waals surface area contributed by atoms with Crippen molar-refractivity contribution in [2.75, 3.05) is 6.54 Å². The van der Waals surface area contributed by atoms with Crippen LogP contribution in [0.25, 0.3) is 10.9 Å². The molecule has 61 heavy (non-hydrogen) atoms. The molecule has 0 unspecified atom stereocenters. The number of allylic oxidation sites excluding steroid dienone is 1. The van der Waals surface area contributed by atoms with Crippen molar-refractivity contribution in [3.8, 4) is 11.5 Å². The minimum absolute atomic E-state index is 0.0471. The van der Waals surface area contributed by atoms with Crippen LogP contribution in [0.15, 0.2) is 30.4 Å². The number of nitrogens with one attached hydrogen (secondary N) is 3. The summed E-state index contributed by atoms with van der Waals surface area (Å²) in [6.07, 6.45) is -5.17. The third kappa shape index (κ3) is 8.80. The van der Waals surface area contributed by atoms with Gasteiger partial charge >= 0.3 is 18.6 Å². The molecular weight excluding hydrogens is 841 g/mol. The Balaban J connectivity index is 1.24. The number of aromatic nitrogens is 1. The lowest BCUT2D eigenvalue weighted by molar-refractivity contribution is -0.274. The Morgan fingerprint density at radius 2 is 1.75 bits per heavy atom. The molecule has 3 N–H and O–H groups in total. The first-order valence-corrected chi connectivity index (χ1v) is 21.6. The van der Waals surface area contributed by atoms with E-state index in [1.165, 1.54) is 19.1 Å². The monoisotopic (exact) mass is 887 g/mol.